The van der Waals surface area contributed by atoms with Gasteiger partial charge in [-0.1, -0.05) is 0 Å². The molecule has 7 rings (SSSR count). The summed E-state index contributed by atoms with van der Waals surface area (Å²) in [4.78, 5) is 53.2. The van der Waals surface area contributed by atoms with E-state index in [2.05, 4.69) is 31.7 Å². The first-order valence-electron chi connectivity index (χ1n) is 16.3. The highest BCUT2D eigenvalue weighted by atomic mass is 19.3. The number of carbonyl (C=O) groups is 2. The summed E-state index contributed by atoms with van der Waals surface area (Å²) in [6.45, 7) is 6.53. The lowest BCUT2D eigenvalue weighted by Gasteiger charge is -2.42. The van der Waals surface area contributed by atoms with Crippen molar-refractivity contribution in [2.45, 2.75) is 82.9 Å². The fraction of sp³-hybridized carbons (Fsp3) is 0.594. The van der Waals surface area contributed by atoms with Crippen LogP contribution in [0.15, 0.2) is 11.2 Å². The van der Waals surface area contributed by atoms with E-state index in [4.69, 9.17) is 20.4 Å². The summed E-state index contributed by atoms with van der Waals surface area (Å²) in [5.74, 6) is -2.74. The maximum absolute atomic E-state index is 14.8. The number of halogens is 2. The molecule has 13 nitrogen and oxygen atoms in total. The summed E-state index contributed by atoms with van der Waals surface area (Å²) in [7, 11) is 0. The molecule has 0 spiro atoms. The summed E-state index contributed by atoms with van der Waals surface area (Å²) in [6, 6.07) is 0.447. The van der Waals surface area contributed by atoms with Gasteiger partial charge in [0.25, 0.3) is 5.92 Å². The monoisotopic (exact) mass is 651 g/mol. The zero-order valence-electron chi connectivity index (χ0n) is 26.5. The first-order valence-corrected chi connectivity index (χ1v) is 16.3. The number of carboxylic acids is 1. The molecule has 0 saturated carbocycles. The third-order valence-corrected chi connectivity index (χ3v) is 10.0. The molecule has 0 unspecified atom stereocenters. The van der Waals surface area contributed by atoms with Crippen molar-refractivity contribution in [2.75, 3.05) is 47.4 Å². The number of carboxylic acid groups (broad SMARTS) is 1. The van der Waals surface area contributed by atoms with Crippen molar-refractivity contribution in [2.24, 2.45) is 16.6 Å². The topological polar surface area (TPSA) is 163 Å². The van der Waals surface area contributed by atoms with Crippen molar-refractivity contribution in [3.8, 4) is 0 Å². The summed E-state index contributed by atoms with van der Waals surface area (Å²) >= 11 is 0. The second-order valence-corrected chi connectivity index (χ2v) is 13.3. The van der Waals surface area contributed by atoms with Crippen LogP contribution in [0.4, 0.5) is 26.5 Å². The van der Waals surface area contributed by atoms with Crippen molar-refractivity contribution in [1.29, 1.82) is 0 Å². The van der Waals surface area contributed by atoms with E-state index in [1.54, 1.807) is 0 Å². The molecular formula is C32H39F2N9O4. The number of fused-ring (bicyclic) bond motifs is 2. The SMILES string of the molecule is C[C@H]1CCN1c1nc2c(c(N3CC(CC(=O)O)C3)n1)CC[C@H]2OC(=O)CN=CC(=CN)c1nc(N2CC[C@@H]2C)nc2c1CCC2(F)F. The molecule has 5 aliphatic rings. The van der Waals surface area contributed by atoms with E-state index in [9.17, 15) is 23.5 Å². The lowest BCUT2D eigenvalue weighted by molar-refractivity contribution is -0.147. The van der Waals surface area contributed by atoms with E-state index in [0.29, 0.717) is 67.0 Å². The number of nitrogens with zero attached hydrogens (tertiary/aromatic N) is 8. The lowest BCUT2D eigenvalue weighted by Crippen LogP contribution is -2.50. The summed E-state index contributed by atoms with van der Waals surface area (Å²) < 4.78 is 35.4. The standard InChI is InChI=1S/C32H39F2N9O4/c1-17-6-9-42(17)30-37-26(21-5-8-32(33,34)28(21)39-30)20(12-35)13-36-14-25(46)47-23-4-3-22-27(23)38-31(43-10-7-18(43)2)40-29(22)41-15-19(16-41)11-24(44)45/h12-13,17-19,23H,3-11,14-16,35H2,1-2H3,(H,44,45)/t17-,18-,23+/m0/s1. The summed E-state index contributed by atoms with van der Waals surface area (Å²) in [5.41, 5.74) is 8.25. The third kappa shape index (κ3) is 5.73. The number of hydrogen-bond donors (Lipinski definition) is 2. The quantitative estimate of drug-likeness (QED) is 0.286. The fourth-order valence-corrected chi connectivity index (χ4v) is 7.02. The number of carbonyl (C=O) groups excluding carboxylic acids is 1. The number of aromatic nitrogens is 4. The van der Waals surface area contributed by atoms with Gasteiger partial charge < -0.3 is 30.3 Å². The zero-order valence-corrected chi connectivity index (χ0v) is 26.5. The number of alkyl halides is 2. The number of rotatable bonds is 10. The first-order chi connectivity index (χ1) is 22.5. The molecule has 3 saturated heterocycles. The maximum Gasteiger partial charge on any atom is 0.328 e. The minimum Gasteiger partial charge on any atom is -0.481 e. The van der Waals surface area contributed by atoms with Gasteiger partial charge in [-0.15, -0.1) is 0 Å². The van der Waals surface area contributed by atoms with Crippen molar-refractivity contribution in [1.82, 2.24) is 19.9 Å². The van der Waals surface area contributed by atoms with Gasteiger partial charge in [-0.25, -0.2) is 15.0 Å². The predicted octanol–water partition coefficient (Wildman–Crippen LogP) is 3.01. The number of anilines is 3. The van der Waals surface area contributed by atoms with Gasteiger partial charge in [0.15, 0.2) is 0 Å². The van der Waals surface area contributed by atoms with Gasteiger partial charge >= 0.3 is 11.9 Å². The Morgan fingerprint density at radius 1 is 1.02 bits per heavy atom. The van der Waals surface area contributed by atoms with Gasteiger partial charge in [-0.05, 0) is 46.0 Å². The Labute approximate surface area is 270 Å². The molecule has 3 aliphatic heterocycles. The minimum atomic E-state index is -3.05. The number of aliphatic carboxylic acids is 1. The van der Waals surface area contributed by atoms with Gasteiger partial charge in [0.05, 0.1) is 17.8 Å². The van der Waals surface area contributed by atoms with Crippen molar-refractivity contribution in [3.05, 3.63) is 34.4 Å². The van der Waals surface area contributed by atoms with Crippen molar-refractivity contribution >= 4 is 41.4 Å². The van der Waals surface area contributed by atoms with Crippen molar-refractivity contribution in [3.63, 3.8) is 0 Å². The number of esters is 1. The first kappa shape index (κ1) is 31.2. The van der Waals surface area contributed by atoms with Gasteiger partial charge in [-0.2, -0.15) is 13.8 Å². The van der Waals surface area contributed by atoms with Gasteiger partial charge in [0.1, 0.15) is 24.2 Å². The van der Waals surface area contributed by atoms with E-state index in [0.717, 1.165) is 30.8 Å². The smallest absolute Gasteiger partial charge is 0.328 e. The van der Waals surface area contributed by atoms with Gasteiger partial charge in [-0.3, -0.25) is 14.6 Å². The lowest BCUT2D eigenvalue weighted by atomic mass is 9.96. The van der Waals surface area contributed by atoms with Crippen LogP contribution in [-0.2, 0) is 33.1 Å². The van der Waals surface area contributed by atoms with Crippen LogP contribution in [0, 0.1) is 5.92 Å². The Bertz CT molecular complexity index is 1660. The number of hydrogen-bond acceptors (Lipinski definition) is 12. The Morgan fingerprint density at radius 2 is 1.72 bits per heavy atom. The van der Waals surface area contributed by atoms with Gasteiger partial charge in [0, 0.05) is 79.7 Å². The van der Waals surface area contributed by atoms with Crippen LogP contribution in [0.1, 0.15) is 80.3 Å². The maximum atomic E-state index is 14.8. The second kappa shape index (κ2) is 12.0. The Balaban J connectivity index is 1.06. The molecule has 250 valence electrons. The highest BCUT2D eigenvalue weighted by Crippen LogP contribution is 2.44. The fourth-order valence-electron chi connectivity index (χ4n) is 7.02. The van der Waals surface area contributed by atoms with E-state index >= 15 is 0 Å². The van der Waals surface area contributed by atoms with Crippen LogP contribution in [0.25, 0.3) is 5.57 Å². The summed E-state index contributed by atoms with van der Waals surface area (Å²) in [5, 5.41) is 9.18. The summed E-state index contributed by atoms with van der Waals surface area (Å²) in [6.07, 6.45) is 5.09. The molecular weight excluding hydrogens is 612 g/mol. The molecule has 0 amide bonds. The molecule has 2 aromatic rings. The minimum absolute atomic E-state index is 0.0654. The van der Waals surface area contributed by atoms with Crippen LogP contribution in [0.5, 0.6) is 0 Å². The molecule has 3 N–H and O–H groups in total. The van der Waals surface area contributed by atoms with E-state index < -0.39 is 24.0 Å². The van der Waals surface area contributed by atoms with Crippen LogP contribution < -0.4 is 20.4 Å². The average Bonchev–Trinajstić information content (AvgIpc) is 3.54. The molecule has 3 fully saturated rings. The zero-order chi connectivity index (χ0) is 33.0. The number of allylic oxidation sites excluding steroid dienone is 1. The highest BCUT2D eigenvalue weighted by molar-refractivity contribution is 6.10. The average molecular weight is 652 g/mol. The molecule has 0 radical (unpaired) electrons. The molecule has 2 aromatic heterocycles. The number of aliphatic imine (C=N–C) groups is 1. The molecule has 3 atom stereocenters. The van der Waals surface area contributed by atoms with Gasteiger partial charge in [0.2, 0.25) is 11.9 Å². The van der Waals surface area contributed by atoms with Crippen LogP contribution >= 0.6 is 0 Å². The van der Waals surface area contributed by atoms with E-state index in [1.165, 1.54) is 12.4 Å². The highest BCUT2D eigenvalue weighted by Gasteiger charge is 2.44. The van der Waals surface area contributed by atoms with Crippen molar-refractivity contribution < 1.29 is 28.2 Å². The predicted molar refractivity (Wildman–Crippen MR) is 170 cm³/mol. The Hall–Kier alpha value is -4.43. The second-order valence-electron chi connectivity index (χ2n) is 13.3. The Morgan fingerprint density at radius 3 is 2.34 bits per heavy atom. The molecule has 2 aliphatic carbocycles. The third-order valence-electron chi connectivity index (χ3n) is 10.0. The van der Waals surface area contributed by atoms with E-state index in [-0.39, 0.29) is 49.4 Å². The van der Waals surface area contributed by atoms with E-state index in [1.807, 2.05) is 11.8 Å². The van der Waals surface area contributed by atoms with Crippen LogP contribution in [0.2, 0.25) is 0 Å². The number of ether oxygens (including phenoxy) is 1. The molecule has 0 aromatic carbocycles. The molecule has 0 bridgehead atoms. The number of nitrogens with two attached hydrogens (primary N) is 1. The molecule has 47 heavy (non-hydrogen) atoms. The Kier molecular flexibility index (Phi) is 7.95. The molecule has 5 heterocycles. The normalized spacial score (nSPS) is 24.9. The van der Waals surface area contributed by atoms with Crippen LogP contribution in [0.3, 0.4) is 0 Å². The largest absolute Gasteiger partial charge is 0.481 e. The molecule has 15 heteroatoms. The van der Waals surface area contributed by atoms with Crippen LogP contribution in [-0.4, -0.2) is 88.0 Å².